The Kier molecular flexibility index (Phi) is 5.44. The third-order valence-electron chi connectivity index (χ3n) is 5.08. The van der Waals surface area contributed by atoms with Crippen LogP contribution in [0.1, 0.15) is 11.1 Å². The fourth-order valence-corrected chi connectivity index (χ4v) is 3.40. The molecule has 5 nitrogen and oxygen atoms in total. The third kappa shape index (κ3) is 3.87. The average Bonchev–Trinajstić information content (AvgIpc) is 2.78. The van der Waals surface area contributed by atoms with Gasteiger partial charge in [0.15, 0.2) is 0 Å². The normalized spacial score (nSPS) is 10.8. The highest BCUT2D eigenvalue weighted by Gasteiger charge is 2.14. The molecular weight excluding hydrogens is 380 g/mol. The molecule has 5 heteroatoms. The van der Waals surface area contributed by atoms with Crippen LogP contribution in [-0.2, 0) is 6.61 Å². The van der Waals surface area contributed by atoms with Crippen LogP contribution >= 0.6 is 0 Å². The van der Waals surface area contributed by atoms with Crippen LogP contribution in [0.2, 0.25) is 0 Å². The lowest BCUT2D eigenvalue weighted by Crippen LogP contribution is -2.06. The Morgan fingerprint density at radius 3 is 2.03 bits per heavy atom. The number of hydrogen-bond acceptors (Lipinski definition) is 5. The van der Waals surface area contributed by atoms with Gasteiger partial charge in [-0.15, -0.1) is 0 Å². The van der Waals surface area contributed by atoms with Crippen molar-refractivity contribution in [3.05, 3.63) is 88.3 Å². The van der Waals surface area contributed by atoms with Crippen molar-refractivity contribution in [2.45, 2.75) is 13.5 Å². The quantitative estimate of drug-likeness (QED) is 0.406. The first-order valence-corrected chi connectivity index (χ1v) is 9.56. The van der Waals surface area contributed by atoms with Crippen LogP contribution in [0.25, 0.3) is 22.1 Å². The van der Waals surface area contributed by atoms with Crippen LogP contribution in [0.15, 0.2) is 75.9 Å². The molecule has 0 aliphatic rings. The summed E-state index contributed by atoms with van der Waals surface area (Å²) in [7, 11) is 3.25. The summed E-state index contributed by atoms with van der Waals surface area (Å²) in [5.74, 6) is 2.24. The summed E-state index contributed by atoms with van der Waals surface area (Å²) < 4.78 is 21.9. The maximum Gasteiger partial charge on any atom is 0.344 e. The van der Waals surface area contributed by atoms with Crippen molar-refractivity contribution in [3.63, 3.8) is 0 Å². The van der Waals surface area contributed by atoms with Gasteiger partial charge in [-0.1, -0.05) is 24.3 Å². The van der Waals surface area contributed by atoms with Crippen molar-refractivity contribution in [2.75, 3.05) is 14.2 Å². The van der Waals surface area contributed by atoms with Gasteiger partial charge < -0.3 is 18.6 Å². The molecule has 0 fully saturated rings. The Balaban J connectivity index is 1.66. The van der Waals surface area contributed by atoms with Crippen molar-refractivity contribution in [2.24, 2.45) is 0 Å². The Morgan fingerprint density at radius 1 is 0.800 bits per heavy atom. The van der Waals surface area contributed by atoms with E-state index in [1.807, 2.05) is 61.5 Å². The van der Waals surface area contributed by atoms with Crippen molar-refractivity contribution >= 4 is 11.0 Å². The molecule has 0 radical (unpaired) electrons. The van der Waals surface area contributed by atoms with E-state index in [-0.39, 0.29) is 5.63 Å². The van der Waals surface area contributed by atoms with Crippen LogP contribution in [0.5, 0.6) is 17.2 Å². The maximum atomic E-state index is 12.6. The van der Waals surface area contributed by atoms with E-state index in [1.165, 1.54) is 0 Å². The van der Waals surface area contributed by atoms with Crippen molar-refractivity contribution in [1.29, 1.82) is 0 Å². The van der Waals surface area contributed by atoms with E-state index in [4.69, 9.17) is 18.6 Å². The molecule has 0 saturated carbocycles. The summed E-state index contributed by atoms with van der Waals surface area (Å²) >= 11 is 0. The molecule has 0 aliphatic carbocycles. The number of hydrogen-bond donors (Lipinski definition) is 0. The second kappa shape index (κ2) is 8.33. The van der Waals surface area contributed by atoms with Gasteiger partial charge in [-0.25, -0.2) is 4.79 Å². The molecule has 152 valence electrons. The fourth-order valence-electron chi connectivity index (χ4n) is 3.40. The monoisotopic (exact) mass is 402 g/mol. The summed E-state index contributed by atoms with van der Waals surface area (Å²) in [6.07, 6.45) is 0. The minimum absolute atomic E-state index is 0.364. The molecule has 0 saturated heterocycles. The fraction of sp³-hybridized carbons (Fsp3) is 0.160. The van der Waals surface area contributed by atoms with Gasteiger partial charge in [-0.05, 0) is 66.1 Å². The highest BCUT2D eigenvalue weighted by molar-refractivity contribution is 5.87. The van der Waals surface area contributed by atoms with E-state index < -0.39 is 0 Å². The van der Waals surface area contributed by atoms with E-state index in [0.29, 0.717) is 23.5 Å². The molecule has 0 amide bonds. The predicted octanol–water partition coefficient (Wildman–Crippen LogP) is 5.36. The molecule has 0 spiro atoms. The lowest BCUT2D eigenvalue weighted by molar-refractivity contribution is 0.306. The summed E-state index contributed by atoms with van der Waals surface area (Å²) in [5.41, 5.74) is 3.38. The van der Waals surface area contributed by atoms with Crippen LogP contribution in [0.3, 0.4) is 0 Å². The maximum absolute atomic E-state index is 12.6. The largest absolute Gasteiger partial charge is 0.497 e. The highest BCUT2D eigenvalue weighted by atomic mass is 16.5. The van der Waals surface area contributed by atoms with Gasteiger partial charge in [-0.2, -0.15) is 0 Å². The van der Waals surface area contributed by atoms with Gasteiger partial charge in [0.1, 0.15) is 29.4 Å². The second-order valence-electron chi connectivity index (χ2n) is 6.91. The summed E-state index contributed by atoms with van der Waals surface area (Å²) in [5, 5.41) is 0.840. The Bertz CT molecular complexity index is 1220. The van der Waals surface area contributed by atoms with E-state index in [0.717, 1.165) is 33.6 Å². The van der Waals surface area contributed by atoms with Crippen LogP contribution in [-0.4, -0.2) is 14.2 Å². The highest BCUT2D eigenvalue weighted by Crippen LogP contribution is 2.30. The average molecular weight is 402 g/mol. The van der Waals surface area contributed by atoms with Gasteiger partial charge in [0.2, 0.25) is 0 Å². The molecule has 0 aliphatic heterocycles. The zero-order chi connectivity index (χ0) is 21.1. The van der Waals surface area contributed by atoms with Crippen molar-refractivity contribution < 1.29 is 18.6 Å². The van der Waals surface area contributed by atoms with E-state index in [1.54, 1.807) is 26.4 Å². The van der Waals surface area contributed by atoms with E-state index in [9.17, 15) is 4.79 Å². The molecule has 0 N–H and O–H groups in total. The smallest absolute Gasteiger partial charge is 0.344 e. The van der Waals surface area contributed by atoms with Crippen LogP contribution in [0, 0.1) is 6.92 Å². The van der Waals surface area contributed by atoms with Gasteiger partial charge >= 0.3 is 5.63 Å². The van der Waals surface area contributed by atoms with Gasteiger partial charge in [0.25, 0.3) is 0 Å². The molecule has 1 aromatic heterocycles. The van der Waals surface area contributed by atoms with Crippen molar-refractivity contribution in [3.8, 4) is 28.4 Å². The van der Waals surface area contributed by atoms with Gasteiger partial charge in [-0.3, -0.25) is 0 Å². The first kappa shape index (κ1) is 19.6. The third-order valence-corrected chi connectivity index (χ3v) is 5.08. The SMILES string of the molecule is COc1ccc(COc2ccc3oc(=O)c(-c4ccc(OC)cc4)c(C)c3c2)cc1. The van der Waals surface area contributed by atoms with E-state index >= 15 is 0 Å². The number of methoxy groups -OCH3 is 2. The molecule has 0 unspecified atom stereocenters. The lowest BCUT2D eigenvalue weighted by Gasteiger charge is -2.11. The minimum Gasteiger partial charge on any atom is -0.497 e. The summed E-state index contributed by atoms with van der Waals surface area (Å²) in [4.78, 5) is 12.6. The minimum atomic E-state index is -0.364. The Hall–Kier alpha value is -3.73. The topological polar surface area (TPSA) is 57.9 Å². The molecule has 4 aromatic rings. The summed E-state index contributed by atoms with van der Waals surface area (Å²) in [6, 6.07) is 20.6. The number of fused-ring (bicyclic) bond motifs is 1. The zero-order valence-electron chi connectivity index (χ0n) is 17.1. The zero-order valence-corrected chi connectivity index (χ0v) is 17.1. The first-order valence-electron chi connectivity index (χ1n) is 9.56. The van der Waals surface area contributed by atoms with Gasteiger partial charge in [0.05, 0.1) is 19.8 Å². The molecule has 0 atom stereocenters. The Labute approximate surface area is 174 Å². The van der Waals surface area contributed by atoms with Crippen LogP contribution in [0.4, 0.5) is 0 Å². The molecule has 0 bridgehead atoms. The number of rotatable bonds is 6. The molecule has 4 rings (SSSR count). The molecule has 1 heterocycles. The van der Waals surface area contributed by atoms with Crippen molar-refractivity contribution in [1.82, 2.24) is 0 Å². The summed E-state index contributed by atoms with van der Waals surface area (Å²) in [6.45, 7) is 2.35. The van der Waals surface area contributed by atoms with E-state index in [2.05, 4.69) is 0 Å². The number of ether oxygens (including phenoxy) is 3. The van der Waals surface area contributed by atoms with Gasteiger partial charge in [0, 0.05) is 5.39 Å². The lowest BCUT2D eigenvalue weighted by atomic mass is 9.99. The standard InChI is InChI=1S/C25H22O5/c1-16-22-14-21(29-15-17-4-8-19(27-2)9-5-17)12-13-23(22)30-25(26)24(16)18-6-10-20(28-3)11-7-18/h4-14H,15H2,1-3H3. The second-order valence-corrected chi connectivity index (χ2v) is 6.91. The Morgan fingerprint density at radius 2 is 1.40 bits per heavy atom. The molecule has 3 aromatic carbocycles. The first-order chi connectivity index (χ1) is 14.6. The molecular formula is C25H22O5. The number of aryl methyl sites for hydroxylation is 1. The number of benzene rings is 3. The predicted molar refractivity (Wildman–Crippen MR) is 117 cm³/mol. The molecule has 30 heavy (non-hydrogen) atoms. The van der Waals surface area contributed by atoms with Crippen LogP contribution < -0.4 is 19.8 Å².